The summed E-state index contributed by atoms with van der Waals surface area (Å²) in [4.78, 5) is 12.1. The van der Waals surface area contributed by atoms with Crippen molar-refractivity contribution in [3.05, 3.63) is 59.9 Å². The van der Waals surface area contributed by atoms with E-state index in [4.69, 9.17) is 0 Å². The number of carbonyl (C=O) groups is 1. The predicted molar refractivity (Wildman–Crippen MR) is 65.8 cm³/mol. The van der Waals surface area contributed by atoms with Crippen molar-refractivity contribution in [2.24, 2.45) is 0 Å². The Labute approximate surface area is 105 Å². The molecule has 0 radical (unpaired) electrons. The number of hydrogen-bond acceptors (Lipinski definition) is 4. The van der Waals surface area contributed by atoms with Crippen LogP contribution in [0.3, 0.4) is 0 Å². The molecule has 0 spiro atoms. The molecule has 2 atom stereocenters. The zero-order valence-electron chi connectivity index (χ0n) is 9.65. The first-order chi connectivity index (χ1) is 8.53. The van der Waals surface area contributed by atoms with Crippen molar-refractivity contribution in [1.82, 2.24) is 0 Å². The molecule has 1 aliphatic rings. The van der Waals surface area contributed by atoms with Gasteiger partial charge < -0.3 is 15.3 Å². The minimum atomic E-state index is -1.85. The van der Waals surface area contributed by atoms with Crippen LogP contribution in [0.4, 0.5) is 0 Å². The number of allylic oxidation sites excluding steroid dienone is 2. The van der Waals surface area contributed by atoms with Crippen LogP contribution in [-0.2, 0) is 4.79 Å². The van der Waals surface area contributed by atoms with E-state index in [0.29, 0.717) is 5.56 Å². The largest absolute Gasteiger partial charge is 0.512 e. The molecule has 0 aromatic heterocycles. The van der Waals surface area contributed by atoms with E-state index in [-0.39, 0.29) is 12.2 Å². The van der Waals surface area contributed by atoms with Crippen molar-refractivity contribution >= 4 is 5.78 Å². The van der Waals surface area contributed by atoms with Crippen LogP contribution in [0.25, 0.3) is 0 Å². The molecule has 1 aliphatic carbocycles. The van der Waals surface area contributed by atoms with E-state index in [0.717, 1.165) is 0 Å². The van der Waals surface area contributed by atoms with Gasteiger partial charge in [0.25, 0.3) is 0 Å². The Kier molecular flexibility index (Phi) is 3.32. The standard InChI is InChI=1S/C14H14O4/c15-11-7-4-8-14(18,9-11)13(17)12(16)10-5-2-1-3-6-10/h1-8,12,15-16,18H,9H2. The molecule has 1 aromatic rings. The van der Waals surface area contributed by atoms with Crippen LogP contribution in [0, 0.1) is 0 Å². The summed E-state index contributed by atoms with van der Waals surface area (Å²) in [5.41, 5.74) is -1.44. The second kappa shape index (κ2) is 4.76. The summed E-state index contributed by atoms with van der Waals surface area (Å²) in [7, 11) is 0. The van der Waals surface area contributed by atoms with Crippen molar-refractivity contribution in [2.45, 2.75) is 18.1 Å². The molecule has 0 amide bonds. The Morgan fingerprint density at radius 3 is 2.56 bits per heavy atom. The molecule has 18 heavy (non-hydrogen) atoms. The van der Waals surface area contributed by atoms with E-state index >= 15 is 0 Å². The van der Waals surface area contributed by atoms with E-state index in [1.165, 1.54) is 18.2 Å². The van der Waals surface area contributed by atoms with Gasteiger partial charge in [-0.2, -0.15) is 0 Å². The fourth-order valence-electron chi connectivity index (χ4n) is 1.91. The smallest absolute Gasteiger partial charge is 0.201 e. The molecule has 0 heterocycles. The highest BCUT2D eigenvalue weighted by Gasteiger charge is 2.39. The first-order valence-corrected chi connectivity index (χ1v) is 5.60. The Morgan fingerprint density at radius 1 is 1.28 bits per heavy atom. The van der Waals surface area contributed by atoms with Crippen molar-refractivity contribution in [2.75, 3.05) is 0 Å². The lowest BCUT2D eigenvalue weighted by Gasteiger charge is -2.27. The Hall–Kier alpha value is -1.91. The van der Waals surface area contributed by atoms with Crippen molar-refractivity contribution < 1.29 is 20.1 Å². The van der Waals surface area contributed by atoms with Gasteiger partial charge in [-0.25, -0.2) is 0 Å². The number of aliphatic hydroxyl groups excluding tert-OH is 2. The minimum Gasteiger partial charge on any atom is -0.512 e. The summed E-state index contributed by atoms with van der Waals surface area (Å²) in [5.74, 6) is -0.835. The summed E-state index contributed by atoms with van der Waals surface area (Å²) in [6.07, 6.45) is 2.45. The fraction of sp³-hybridized carbons (Fsp3) is 0.214. The SMILES string of the molecule is O=C(C(O)c1ccccc1)C1(O)C=CC=C(O)C1. The van der Waals surface area contributed by atoms with Gasteiger partial charge in [0.05, 0.1) is 5.76 Å². The van der Waals surface area contributed by atoms with Crippen LogP contribution < -0.4 is 0 Å². The van der Waals surface area contributed by atoms with Gasteiger partial charge in [0, 0.05) is 6.42 Å². The minimum absolute atomic E-state index is 0.0892. The molecule has 94 valence electrons. The lowest BCUT2D eigenvalue weighted by Crippen LogP contribution is -2.41. The highest BCUT2D eigenvalue weighted by molar-refractivity contribution is 5.94. The van der Waals surface area contributed by atoms with Gasteiger partial charge in [-0.1, -0.05) is 36.4 Å². The zero-order valence-corrected chi connectivity index (χ0v) is 9.65. The van der Waals surface area contributed by atoms with Crippen LogP contribution in [-0.4, -0.2) is 26.7 Å². The van der Waals surface area contributed by atoms with Gasteiger partial charge in [0.1, 0.15) is 6.10 Å². The van der Waals surface area contributed by atoms with Gasteiger partial charge in [0.2, 0.25) is 5.78 Å². The Morgan fingerprint density at radius 2 is 1.94 bits per heavy atom. The molecule has 2 unspecified atom stereocenters. The highest BCUT2D eigenvalue weighted by Crippen LogP contribution is 2.28. The van der Waals surface area contributed by atoms with Gasteiger partial charge in [0.15, 0.2) is 5.60 Å². The van der Waals surface area contributed by atoms with Gasteiger partial charge in [-0.3, -0.25) is 4.79 Å². The second-order valence-corrected chi connectivity index (χ2v) is 4.30. The van der Waals surface area contributed by atoms with Crippen LogP contribution in [0.1, 0.15) is 18.1 Å². The molecule has 0 saturated heterocycles. The normalized spacial score (nSPS) is 24.4. The number of benzene rings is 1. The molecular formula is C14H14O4. The summed E-state index contributed by atoms with van der Waals surface area (Å²) in [5, 5.41) is 29.5. The van der Waals surface area contributed by atoms with E-state index in [1.807, 2.05) is 0 Å². The third kappa shape index (κ3) is 2.34. The summed E-state index contributed by atoms with van der Waals surface area (Å²) >= 11 is 0. The fourth-order valence-corrected chi connectivity index (χ4v) is 1.91. The van der Waals surface area contributed by atoms with Gasteiger partial charge in [-0.15, -0.1) is 0 Å². The lowest BCUT2D eigenvalue weighted by atomic mass is 9.85. The molecular weight excluding hydrogens is 232 g/mol. The number of carbonyl (C=O) groups excluding carboxylic acids is 1. The quantitative estimate of drug-likeness (QED) is 0.753. The van der Waals surface area contributed by atoms with Crippen molar-refractivity contribution in [1.29, 1.82) is 0 Å². The lowest BCUT2D eigenvalue weighted by molar-refractivity contribution is -0.142. The maximum Gasteiger partial charge on any atom is 0.201 e. The van der Waals surface area contributed by atoms with Crippen LogP contribution >= 0.6 is 0 Å². The molecule has 4 nitrogen and oxygen atoms in total. The summed E-state index contributed by atoms with van der Waals surface area (Å²) in [6, 6.07) is 8.38. The molecule has 3 N–H and O–H groups in total. The summed E-state index contributed by atoms with van der Waals surface area (Å²) in [6.45, 7) is 0. The van der Waals surface area contributed by atoms with E-state index < -0.39 is 17.5 Å². The monoisotopic (exact) mass is 246 g/mol. The number of rotatable bonds is 3. The van der Waals surface area contributed by atoms with Gasteiger partial charge in [-0.05, 0) is 17.7 Å². The van der Waals surface area contributed by atoms with E-state index in [9.17, 15) is 20.1 Å². The molecule has 1 aromatic carbocycles. The van der Waals surface area contributed by atoms with Crippen LogP contribution in [0.5, 0.6) is 0 Å². The molecule has 0 saturated carbocycles. The van der Waals surface area contributed by atoms with E-state index in [2.05, 4.69) is 0 Å². The van der Waals surface area contributed by atoms with Crippen molar-refractivity contribution in [3.63, 3.8) is 0 Å². The number of ketones is 1. The third-order valence-electron chi connectivity index (χ3n) is 2.90. The Bertz CT molecular complexity index is 504. The Balaban J connectivity index is 2.22. The number of hydrogen-bond donors (Lipinski definition) is 3. The summed E-state index contributed by atoms with van der Waals surface area (Å²) < 4.78 is 0. The second-order valence-electron chi connectivity index (χ2n) is 4.30. The molecule has 0 aliphatic heterocycles. The molecule has 0 bridgehead atoms. The first-order valence-electron chi connectivity index (χ1n) is 5.60. The average Bonchev–Trinajstić information content (AvgIpc) is 2.38. The number of aliphatic hydroxyl groups is 3. The van der Waals surface area contributed by atoms with Crippen molar-refractivity contribution in [3.8, 4) is 0 Å². The first kappa shape index (κ1) is 12.5. The van der Waals surface area contributed by atoms with Crippen LogP contribution in [0.15, 0.2) is 54.3 Å². The van der Waals surface area contributed by atoms with Gasteiger partial charge >= 0.3 is 0 Å². The maximum absolute atomic E-state index is 12.1. The van der Waals surface area contributed by atoms with Crippen LogP contribution in [0.2, 0.25) is 0 Å². The topological polar surface area (TPSA) is 77.8 Å². The zero-order chi connectivity index (χ0) is 13.2. The van der Waals surface area contributed by atoms with E-state index in [1.54, 1.807) is 30.3 Å². The molecule has 0 fully saturated rings. The maximum atomic E-state index is 12.1. The average molecular weight is 246 g/mol. The highest BCUT2D eigenvalue weighted by atomic mass is 16.3. The predicted octanol–water partition coefficient (Wildman–Crippen LogP) is 1.42. The number of Topliss-reactive ketones (excluding diaryl/α,β-unsaturated/α-hetero) is 1. The molecule has 2 rings (SSSR count). The molecule has 4 heteroatoms. The third-order valence-corrected chi connectivity index (χ3v) is 2.90.